The second-order valence-corrected chi connectivity index (χ2v) is 20.5. The van der Waals surface area contributed by atoms with Crippen molar-refractivity contribution in [3.63, 3.8) is 0 Å². The monoisotopic (exact) mass is 724 g/mol. The molecule has 4 heterocycles. The molecule has 0 aliphatic carbocycles. The Bertz CT molecular complexity index is 1900. The van der Waals surface area contributed by atoms with Crippen molar-refractivity contribution in [3.8, 4) is 11.4 Å². The first-order chi connectivity index (χ1) is 23.6. The molecule has 3 aromatic heterocycles. The predicted molar refractivity (Wildman–Crippen MR) is 195 cm³/mol. The third kappa shape index (κ3) is 8.09. The first kappa shape index (κ1) is 32.3. The highest BCUT2D eigenvalue weighted by Crippen LogP contribution is 2.38. The number of pyridine rings is 2. The number of nitrogens with zero attached hydrogens (tertiary/aromatic N) is 6. The van der Waals surface area contributed by atoms with Gasteiger partial charge in [-0.3, -0.25) is 4.98 Å². The van der Waals surface area contributed by atoms with Gasteiger partial charge in [0.15, 0.2) is 14.0 Å². The molecule has 0 radical (unpaired) electrons. The van der Waals surface area contributed by atoms with Gasteiger partial charge < -0.3 is 23.7 Å². The van der Waals surface area contributed by atoms with Gasteiger partial charge in [-0.25, -0.2) is 19.1 Å². The highest BCUT2D eigenvalue weighted by Gasteiger charge is 2.38. The molecule has 1 aliphatic heterocycles. The van der Waals surface area contributed by atoms with E-state index in [0.717, 1.165) is 4.57 Å². The van der Waals surface area contributed by atoms with Crippen LogP contribution >= 0.6 is 23.2 Å². The van der Waals surface area contributed by atoms with Crippen molar-refractivity contribution in [1.82, 2.24) is 24.4 Å². The van der Waals surface area contributed by atoms with Gasteiger partial charge in [0.05, 0.1) is 28.1 Å². The molecule has 1 amide bonds. The van der Waals surface area contributed by atoms with Crippen LogP contribution in [-0.4, -0.2) is 82.7 Å². The average molecular weight is 726 g/mol. The third-order valence-corrected chi connectivity index (χ3v) is 13.5. The van der Waals surface area contributed by atoms with Crippen molar-refractivity contribution in [2.24, 2.45) is 0 Å². The van der Waals surface area contributed by atoms with Crippen LogP contribution in [0.2, 0.25) is 28.3 Å². The van der Waals surface area contributed by atoms with Crippen molar-refractivity contribution in [1.29, 1.82) is 0 Å². The van der Waals surface area contributed by atoms with Crippen LogP contribution in [0.5, 0.6) is 5.75 Å². The Labute approximate surface area is 300 Å². The molecule has 0 aromatic carbocycles. The van der Waals surface area contributed by atoms with Gasteiger partial charge in [0.25, 0.3) is 0 Å². The number of amides is 1. The number of hydrogen-bond acceptors (Lipinski definition) is 9. The maximum Gasteiger partial charge on any atom is 0.410 e. The van der Waals surface area contributed by atoms with E-state index in [0.29, 0.717) is 17.6 Å². The minimum Gasteiger partial charge on any atom is -0.489 e. The largest absolute Gasteiger partial charge is 0.489 e. The summed E-state index contributed by atoms with van der Waals surface area (Å²) in [4.78, 5) is 44.5. The first-order valence-corrected chi connectivity index (χ1v) is 19.7. The van der Waals surface area contributed by atoms with Crippen LogP contribution < -0.4 is 15.3 Å². The Morgan fingerprint density at radius 3 is 2.35 bits per heavy atom. The second-order valence-electron chi connectivity index (χ2n) is 15.0. The molecular formula is C34H50Cl2N6O5Si. The fourth-order valence-corrected chi connectivity index (χ4v) is 5.95. The molecule has 1 aliphatic rings. The van der Waals surface area contributed by atoms with E-state index in [4.69, 9.17) is 42.6 Å². The van der Waals surface area contributed by atoms with E-state index in [1.165, 1.54) is 12.3 Å². The first-order valence-electron chi connectivity index (χ1n) is 18.0. The molecule has 3 aromatic rings. The number of carbonyl (C=O) groups excluding carboxylic acids is 1. The summed E-state index contributed by atoms with van der Waals surface area (Å²) in [7, 11) is -2.83. The minimum atomic E-state index is -3.03. The summed E-state index contributed by atoms with van der Waals surface area (Å²) in [6, 6.07) is 2.27. The van der Waals surface area contributed by atoms with Crippen molar-refractivity contribution in [3.05, 3.63) is 44.7 Å². The molecule has 0 spiro atoms. The molecule has 0 bridgehead atoms. The number of fused-ring (bicyclic) bond motifs is 1. The van der Waals surface area contributed by atoms with Gasteiger partial charge in [0, 0.05) is 37.4 Å². The molecule has 1 fully saturated rings. The van der Waals surface area contributed by atoms with Gasteiger partial charge in [0.2, 0.25) is 0 Å². The molecule has 0 saturated carbocycles. The normalized spacial score (nSPS) is 19.6. The van der Waals surface area contributed by atoms with Crippen LogP contribution in [0.25, 0.3) is 16.7 Å². The zero-order chi connectivity index (χ0) is 39.5. The molecule has 0 unspecified atom stereocenters. The number of carbonyl (C=O) groups is 1. The van der Waals surface area contributed by atoms with E-state index in [1.54, 1.807) is 31.7 Å². The summed E-state index contributed by atoms with van der Waals surface area (Å²) >= 11 is 13.0. The second kappa shape index (κ2) is 14.1. The smallest absolute Gasteiger partial charge is 0.410 e. The van der Waals surface area contributed by atoms with Crippen LogP contribution in [0.4, 0.5) is 10.6 Å². The molecule has 2 atom stereocenters. The van der Waals surface area contributed by atoms with E-state index in [9.17, 15) is 9.59 Å². The Kier molecular flexibility index (Phi) is 9.50. The Morgan fingerprint density at radius 1 is 1.08 bits per heavy atom. The van der Waals surface area contributed by atoms with Crippen LogP contribution in [0.3, 0.4) is 0 Å². The van der Waals surface area contributed by atoms with Crippen LogP contribution in [-0.2, 0) is 9.16 Å². The predicted octanol–water partition coefficient (Wildman–Crippen LogP) is 7.84. The highest BCUT2D eigenvalue weighted by atomic mass is 35.5. The fourth-order valence-electron chi connectivity index (χ4n) is 5.06. The van der Waals surface area contributed by atoms with E-state index in [1.807, 2.05) is 66.5 Å². The molecule has 0 N–H and O–H groups in total. The van der Waals surface area contributed by atoms with Crippen molar-refractivity contribution in [2.75, 3.05) is 31.1 Å². The minimum absolute atomic E-state index is 0.0144. The van der Waals surface area contributed by atoms with E-state index in [-0.39, 0.29) is 57.6 Å². The summed E-state index contributed by atoms with van der Waals surface area (Å²) in [5.74, 6) is -0.251. The highest BCUT2D eigenvalue weighted by molar-refractivity contribution is 6.74. The number of ether oxygens (including phenoxy) is 2. The summed E-state index contributed by atoms with van der Waals surface area (Å²) in [6.45, 7) is 16.9. The average Bonchev–Trinajstić information content (AvgIpc) is 2.96. The number of piperazine rings is 1. The van der Waals surface area contributed by atoms with E-state index in [2.05, 4.69) is 15.0 Å². The number of halogens is 2. The van der Waals surface area contributed by atoms with Gasteiger partial charge in [-0.2, -0.15) is 4.98 Å². The topological polar surface area (TPSA) is 112 Å². The lowest BCUT2D eigenvalue weighted by Crippen LogP contribution is -2.59. The van der Waals surface area contributed by atoms with Crippen molar-refractivity contribution < 1.29 is 24.2 Å². The third-order valence-electron chi connectivity index (χ3n) is 8.65. The van der Waals surface area contributed by atoms with Crippen LogP contribution in [0.1, 0.15) is 86.3 Å². The quantitative estimate of drug-likeness (QED) is 0.169. The van der Waals surface area contributed by atoms with E-state index < -0.39 is 43.9 Å². The Balaban J connectivity index is 1.91. The maximum atomic E-state index is 14.4. The van der Waals surface area contributed by atoms with Gasteiger partial charge >= 0.3 is 11.8 Å². The standard InChI is InChI=1S/C34H50Cl2N6O5Si/c1-20(2)26-27(25(13-14-37-26)45-15-16-46-48(11,12)34(8,9)10)42-30-23(17-24(35)28(36)38-30)29(39-31(42)43)40-18-22(4)41(19-21(40)3)32(44)47-33(5,6)7/h13-14,17,20-22H,15-16,18-19H2,1-12H3/t21-,22+/m0/s1/i15D2,16D2. The molecule has 1 saturated heterocycles. The summed E-state index contributed by atoms with van der Waals surface area (Å²) in [5.41, 5.74) is -1.09. The van der Waals surface area contributed by atoms with Gasteiger partial charge in [-0.1, -0.05) is 57.8 Å². The van der Waals surface area contributed by atoms with Crippen molar-refractivity contribution >= 4 is 54.5 Å². The molecular weight excluding hydrogens is 671 g/mol. The van der Waals surface area contributed by atoms with Crippen molar-refractivity contribution in [2.45, 2.75) is 111 Å². The lowest BCUT2D eigenvalue weighted by Gasteiger charge is -2.44. The maximum absolute atomic E-state index is 14.4. The van der Waals surface area contributed by atoms with Gasteiger partial charge in [-0.15, -0.1) is 0 Å². The zero-order valence-corrected chi connectivity index (χ0v) is 32.4. The van der Waals surface area contributed by atoms with E-state index >= 15 is 0 Å². The fraction of sp³-hybridized carbons (Fsp3) is 0.618. The number of aromatic nitrogens is 4. The summed E-state index contributed by atoms with van der Waals surface area (Å²) in [6.07, 6.45) is 0.953. The molecule has 11 nitrogen and oxygen atoms in total. The summed E-state index contributed by atoms with van der Waals surface area (Å²) < 4.78 is 53.6. The molecule has 14 heteroatoms. The number of anilines is 1. The lowest BCUT2D eigenvalue weighted by molar-refractivity contribution is 0.0130. The number of rotatable bonds is 8. The lowest BCUT2D eigenvalue weighted by atomic mass is 10.1. The zero-order valence-electron chi connectivity index (χ0n) is 33.9. The summed E-state index contributed by atoms with van der Waals surface area (Å²) in [5, 5.41) is -0.0630. The SMILES string of the molecule is [2H]C([2H])(Oc1ccnc(C(C)C)c1-n1c(=O)nc(N2C[C@@H](C)N(C(=O)OC(C)(C)C)C[C@@H]2C)c2cc(Cl)c(Cl)nc21)C([2H])([2H])O[Si](C)(C)C(C)(C)C. The molecule has 4 rings (SSSR count). The van der Waals surface area contributed by atoms with Gasteiger partial charge in [0.1, 0.15) is 34.6 Å². The molecule has 264 valence electrons. The van der Waals surface area contributed by atoms with Gasteiger partial charge in [-0.05, 0) is 64.7 Å². The molecule has 48 heavy (non-hydrogen) atoms. The number of hydrogen-bond donors (Lipinski definition) is 0. The Hall–Kier alpha value is -2.93. The Morgan fingerprint density at radius 2 is 1.75 bits per heavy atom. The van der Waals surface area contributed by atoms with Crippen LogP contribution in [0.15, 0.2) is 23.1 Å². The van der Waals surface area contributed by atoms with Crippen LogP contribution in [0, 0.1) is 0 Å².